The molecule has 13 heavy (non-hydrogen) atoms. The fourth-order valence-electron chi connectivity index (χ4n) is 2.20. The van der Waals surface area contributed by atoms with Gasteiger partial charge >= 0.3 is 0 Å². The lowest BCUT2D eigenvalue weighted by atomic mass is 10.1. The molecule has 1 fully saturated rings. The normalized spacial score (nSPS) is 32.1. The average molecular weight is 177 g/mol. The summed E-state index contributed by atoms with van der Waals surface area (Å²) in [5, 5.41) is 3.64. The summed E-state index contributed by atoms with van der Waals surface area (Å²) in [6.45, 7) is 2.26. The minimum absolute atomic E-state index is 0.512. The third-order valence-electron chi connectivity index (χ3n) is 3.08. The number of nitrogens with zero attached hydrogens (tertiary/aromatic N) is 2. The van der Waals surface area contributed by atoms with Gasteiger partial charge in [0.1, 0.15) is 5.82 Å². The third-order valence-corrected chi connectivity index (χ3v) is 3.08. The van der Waals surface area contributed by atoms with Crippen molar-refractivity contribution < 1.29 is 0 Å². The first-order valence-corrected chi connectivity index (χ1v) is 5.13. The second-order valence-corrected chi connectivity index (χ2v) is 4.27. The standard InChI is InChI=1S/C10H15N3/c1-7-6-9(12-8-2-3-8)10-11-4-5-13(7)10/h4-5,7-9,12H,2-3,6H2,1H3. The zero-order valence-electron chi connectivity index (χ0n) is 7.90. The third kappa shape index (κ3) is 1.18. The number of nitrogens with one attached hydrogen (secondary N) is 1. The van der Waals surface area contributed by atoms with E-state index < -0.39 is 0 Å². The molecule has 1 N–H and O–H groups in total. The Morgan fingerprint density at radius 2 is 2.38 bits per heavy atom. The van der Waals surface area contributed by atoms with Crippen molar-refractivity contribution in [2.45, 2.75) is 44.3 Å². The zero-order valence-corrected chi connectivity index (χ0v) is 7.90. The predicted octanol–water partition coefficient (Wildman–Crippen LogP) is 1.64. The lowest BCUT2D eigenvalue weighted by Gasteiger charge is -2.09. The number of fused-ring (bicyclic) bond motifs is 1. The van der Waals surface area contributed by atoms with E-state index in [1.54, 1.807) is 0 Å². The molecule has 1 aromatic heterocycles. The number of aromatic nitrogens is 2. The lowest BCUT2D eigenvalue weighted by molar-refractivity contribution is 0.481. The largest absolute Gasteiger partial charge is 0.331 e. The van der Waals surface area contributed by atoms with Crippen LogP contribution in [0, 0.1) is 0 Å². The van der Waals surface area contributed by atoms with Crippen LogP contribution in [0.1, 0.15) is 44.1 Å². The Morgan fingerprint density at radius 1 is 1.54 bits per heavy atom. The first-order chi connectivity index (χ1) is 6.34. The quantitative estimate of drug-likeness (QED) is 0.744. The Bertz CT molecular complexity index is 314. The second-order valence-electron chi connectivity index (χ2n) is 4.27. The molecule has 0 amide bonds. The van der Waals surface area contributed by atoms with E-state index in [4.69, 9.17) is 0 Å². The molecule has 1 aliphatic heterocycles. The molecule has 2 unspecified atom stereocenters. The van der Waals surface area contributed by atoms with Crippen LogP contribution >= 0.6 is 0 Å². The van der Waals surface area contributed by atoms with Crippen molar-refractivity contribution >= 4 is 0 Å². The number of hydrogen-bond donors (Lipinski definition) is 1. The molecule has 2 heterocycles. The van der Waals surface area contributed by atoms with Crippen LogP contribution < -0.4 is 5.32 Å². The van der Waals surface area contributed by atoms with E-state index in [9.17, 15) is 0 Å². The highest BCUT2D eigenvalue weighted by molar-refractivity contribution is 5.09. The van der Waals surface area contributed by atoms with Crippen molar-refractivity contribution in [3.63, 3.8) is 0 Å². The fraction of sp³-hybridized carbons (Fsp3) is 0.700. The van der Waals surface area contributed by atoms with Crippen LogP contribution in [-0.4, -0.2) is 15.6 Å². The highest BCUT2D eigenvalue weighted by atomic mass is 15.2. The smallest absolute Gasteiger partial charge is 0.126 e. The van der Waals surface area contributed by atoms with Gasteiger partial charge < -0.3 is 9.88 Å². The molecular weight excluding hydrogens is 162 g/mol. The van der Waals surface area contributed by atoms with E-state index in [0.717, 1.165) is 6.04 Å². The average Bonchev–Trinajstić information content (AvgIpc) is 2.70. The van der Waals surface area contributed by atoms with Gasteiger partial charge in [-0.15, -0.1) is 0 Å². The topological polar surface area (TPSA) is 29.9 Å². The van der Waals surface area contributed by atoms with Gasteiger partial charge in [-0.3, -0.25) is 0 Å². The van der Waals surface area contributed by atoms with Crippen LogP contribution in [0.25, 0.3) is 0 Å². The molecule has 0 bridgehead atoms. The van der Waals surface area contributed by atoms with E-state index in [1.807, 2.05) is 6.20 Å². The summed E-state index contributed by atoms with van der Waals surface area (Å²) in [5.41, 5.74) is 0. The van der Waals surface area contributed by atoms with Crippen LogP contribution in [0.4, 0.5) is 0 Å². The van der Waals surface area contributed by atoms with Gasteiger partial charge in [0.15, 0.2) is 0 Å². The maximum absolute atomic E-state index is 4.41. The molecule has 3 heteroatoms. The van der Waals surface area contributed by atoms with Crippen molar-refractivity contribution in [1.82, 2.24) is 14.9 Å². The first-order valence-electron chi connectivity index (χ1n) is 5.13. The van der Waals surface area contributed by atoms with E-state index >= 15 is 0 Å². The van der Waals surface area contributed by atoms with Crippen molar-refractivity contribution in [2.24, 2.45) is 0 Å². The highest BCUT2D eigenvalue weighted by Gasteiger charge is 2.33. The Labute approximate surface area is 78.2 Å². The van der Waals surface area contributed by atoms with Gasteiger partial charge in [-0.25, -0.2) is 4.98 Å². The minimum atomic E-state index is 0.512. The highest BCUT2D eigenvalue weighted by Crippen LogP contribution is 2.35. The van der Waals surface area contributed by atoms with Gasteiger partial charge in [0, 0.05) is 24.5 Å². The molecule has 0 radical (unpaired) electrons. The molecular formula is C10H15N3. The van der Waals surface area contributed by atoms with Crippen molar-refractivity contribution in [2.75, 3.05) is 0 Å². The van der Waals surface area contributed by atoms with E-state index in [2.05, 4.69) is 28.0 Å². The Balaban J connectivity index is 1.84. The summed E-state index contributed by atoms with van der Waals surface area (Å²) < 4.78 is 2.29. The van der Waals surface area contributed by atoms with Crippen LogP contribution in [0.3, 0.4) is 0 Å². The van der Waals surface area contributed by atoms with Gasteiger partial charge in [0.25, 0.3) is 0 Å². The molecule has 70 valence electrons. The van der Waals surface area contributed by atoms with Crippen molar-refractivity contribution in [3.05, 3.63) is 18.2 Å². The molecule has 3 nitrogen and oxygen atoms in total. The molecule has 1 saturated carbocycles. The predicted molar refractivity (Wildman–Crippen MR) is 50.5 cm³/mol. The summed E-state index contributed by atoms with van der Waals surface area (Å²) in [6.07, 6.45) is 7.91. The van der Waals surface area contributed by atoms with Crippen molar-refractivity contribution in [1.29, 1.82) is 0 Å². The maximum Gasteiger partial charge on any atom is 0.126 e. The summed E-state index contributed by atoms with van der Waals surface area (Å²) in [6, 6.07) is 1.91. The Hall–Kier alpha value is -0.830. The van der Waals surface area contributed by atoms with Gasteiger partial charge in [-0.2, -0.15) is 0 Å². The Morgan fingerprint density at radius 3 is 3.15 bits per heavy atom. The molecule has 1 aliphatic carbocycles. The molecule has 0 saturated heterocycles. The van der Waals surface area contributed by atoms with Gasteiger partial charge in [0.2, 0.25) is 0 Å². The molecule has 1 aromatic rings. The van der Waals surface area contributed by atoms with Crippen LogP contribution in [0.15, 0.2) is 12.4 Å². The summed E-state index contributed by atoms with van der Waals surface area (Å²) in [7, 11) is 0. The van der Waals surface area contributed by atoms with Crippen LogP contribution in [0.5, 0.6) is 0 Å². The number of rotatable bonds is 2. The minimum Gasteiger partial charge on any atom is -0.331 e. The lowest BCUT2D eigenvalue weighted by Crippen LogP contribution is -2.21. The van der Waals surface area contributed by atoms with E-state index in [-0.39, 0.29) is 0 Å². The van der Waals surface area contributed by atoms with Gasteiger partial charge in [-0.1, -0.05) is 0 Å². The zero-order chi connectivity index (χ0) is 8.84. The summed E-state index contributed by atoms with van der Waals surface area (Å²) >= 11 is 0. The first kappa shape index (κ1) is 7.56. The van der Waals surface area contributed by atoms with E-state index in [0.29, 0.717) is 12.1 Å². The molecule has 0 aromatic carbocycles. The molecule has 2 aliphatic rings. The van der Waals surface area contributed by atoms with Crippen molar-refractivity contribution in [3.8, 4) is 0 Å². The number of hydrogen-bond acceptors (Lipinski definition) is 2. The summed E-state index contributed by atoms with van der Waals surface area (Å²) in [4.78, 5) is 4.41. The SMILES string of the molecule is CC1CC(NC2CC2)c2nccn21. The number of imidazole rings is 1. The molecule has 3 rings (SSSR count). The molecule has 0 spiro atoms. The van der Waals surface area contributed by atoms with E-state index in [1.165, 1.54) is 25.1 Å². The monoisotopic (exact) mass is 177 g/mol. The van der Waals surface area contributed by atoms with Gasteiger partial charge in [0.05, 0.1) is 6.04 Å². The Kier molecular flexibility index (Phi) is 1.50. The molecule has 2 atom stereocenters. The maximum atomic E-state index is 4.41. The van der Waals surface area contributed by atoms with Gasteiger partial charge in [-0.05, 0) is 26.2 Å². The van der Waals surface area contributed by atoms with Crippen LogP contribution in [0.2, 0.25) is 0 Å². The second kappa shape index (κ2) is 2.58. The summed E-state index contributed by atoms with van der Waals surface area (Å²) in [5.74, 6) is 1.24. The fourth-order valence-corrected chi connectivity index (χ4v) is 2.20. The van der Waals surface area contributed by atoms with Crippen LogP contribution in [-0.2, 0) is 0 Å².